The Bertz CT molecular complexity index is 668. The van der Waals surface area contributed by atoms with Gasteiger partial charge in [0.25, 0.3) is 5.91 Å². The predicted molar refractivity (Wildman–Crippen MR) is 76.7 cm³/mol. The van der Waals surface area contributed by atoms with Crippen LogP contribution in [-0.4, -0.2) is 16.1 Å². The summed E-state index contributed by atoms with van der Waals surface area (Å²) in [4.78, 5) is 11.1. The van der Waals surface area contributed by atoms with Gasteiger partial charge < -0.3 is 21.3 Å². The number of halogens is 1. The number of rotatable bonds is 4. The fraction of sp³-hybridized carbons (Fsp3) is 0.133. The highest BCUT2D eigenvalue weighted by Gasteiger charge is 2.16. The van der Waals surface area contributed by atoms with Crippen molar-refractivity contribution in [1.29, 1.82) is 0 Å². The fourth-order valence-electron chi connectivity index (χ4n) is 2.11. The molecule has 0 spiro atoms. The van der Waals surface area contributed by atoms with Gasteiger partial charge in [0.05, 0.1) is 17.2 Å². The Morgan fingerprint density at radius 2 is 1.86 bits per heavy atom. The molecule has 0 aliphatic carbocycles. The molecular formula is C15H15FN2O3. The maximum absolute atomic E-state index is 13.4. The number of aromatic hydroxyl groups is 2. The van der Waals surface area contributed by atoms with Gasteiger partial charge in [-0.3, -0.25) is 4.79 Å². The molecule has 1 amide bonds. The first-order valence-corrected chi connectivity index (χ1v) is 6.27. The highest BCUT2D eigenvalue weighted by molar-refractivity contribution is 5.94. The third-order valence-electron chi connectivity index (χ3n) is 3.11. The first-order chi connectivity index (χ1) is 9.90. The Balaban J connectivity index is 2.30. The van der Waals surface area contributed by atoms with Crippen LogP contribution in [-0.2, 0) is 0 Å². The minimum absolute atomic E-state index is 0.0627. The molecule has 2 aromatic rings. The van der Waals surface area contributed by atoms with E-state index in [0.717, 1.165) is 6.07 Å². The zero-order chi connectivity index (χ0) is 15.6. The molecule has 5 nitrogen and oxygen atoms in total. The number of hydrogen-bond donors (Lipinski definition) is 4. The van der Waals surface area contributed by atoms with Crippen LogP contribution in [0.15, 0.2) is 36.4 Å². The monoisotopic (exact) mass is 290 g/mol. The molecule has 0 saturated heterocycles. The van der Waals surface area contributed by atoms with Crippen LogP contribution in [0, 0.1) is 5.82 Å². The van der Waals surface area contributed by atoms with Gasteiger partial charge in [0.15, 0.2) is 0 Å². The van der Waals surface area contributed by atoms with Gasteiger partial charge >= 0.3 is 0 Å². The van der Waals surface area contributed by atoms with E-state index in [1.165, 1.54) is 30.3 Å². The number of benzene rings is 2. The molecule has 21 heavy (non-hydrogen) atoms. The van der Waals surface area contributed by atoms with Crippen molar-refractivity contribution in [2.45, 2.75) is 13.0 Å². The largest absolute Gasteiger partial charge is 0.507 e. The third kappa shape index (κ3) is 3.05. The van der Waals surface area contributed by atoms with Crippen LogP contribution in [0.3, 0.4) is 0 Å². The summed E-state index contributed by atoms with van der Waals surface area (Å²) in [6.45, 7) is 1.71. The van der Waals surface area contributed by atoms with Crippen LogP contribution in [0.1, 0.15) is 28.9 Å². The molecule has 0 radical (unpaired) electrons. The zero-order valence-corrected chi connectivity index (χ0v) is 11.3. The lowest BCUT2D eigenvalue weighted by Gasteiger charge is -2.18. The van der Waals surface area contributed by atoms with Gasteiger partial charge in [-0.2, -0.15) is 0 Å². The summed E-state index contributed by atoms with van der Waals surface area (Å²) in [6.07, 6.45) is 0. The first kappa shape index (κ1) is 14.6. The maximum atomic E-state index is 13.4. The Morgan fingerprint density at radius 1 is 1.24 bits per heavy atom. The van der Waals surface area contributed by atoms with E-state index in [1.807, 2.05) is 0 Å². The SMILES string of the molecule is CC(Nc1ccc(F)c(C(N)=O)c1)c1c(O)cccc1O. The number of hydrogen-bond acceptors (Lipinski definition) is 4. The van der Waals surface area contributed by atoms with Gasteiger partial charge in [0, 0.05) is 5.69 Å². The molecule has 0 bridgehead atoms. The second-order valence-corrected chi connectivity index (χ2v) is 4.63. The molecular weight excluding hydrogens is 275 g/mol. The number of nitrogens with one attached hydrogen (secondary N) is 1. The highest BCUT2D eigenvalue weighted by atomic mass is 19.1. The second kappa shape index (κ2) is 5.70. The highest BCUT2D eigenvalue weighted by Crippen LogP contribution is 2.34. The van der Waals surface area contributed by atoms with E-state index in [4.69, 9.17) is 5.73 Å². The number of carbonyl (C=O) groups is 1. The zero-order valence-electron chi connectivity index (χ0n) is 11.3. The fourth-order valence-corrected chi connectivity index (χ4v) is 2.11. The van der Waals surface area contributed by atoms with E-state index in [-0.39, 0.29) is 17.1 Å². The summed E-state index contributed by atoms with van der Waals surface area (Å²) in [5, 5.41) is 22.6. The maximum Gasteiger partial charge on any atom is 0.251 e. The predicted octanol–water partition coefficient (Wildman–Crippen LogP) is 2.51. The van der Waals surface area contributed by atoms with E-state index in [1.54, 1.807) is 6.92 Å². The first-order valence-electron chi connectivity index (χ1n) is 6.27. The molecule has 5 N–H and O–H groups in total. The van der Waals surface area contributed by atoms with Crippen LogP contribution in [0.5, 0.6) is 11.5 Å². The lowest BCUT2D eigenvalue weighted by atomic mass is 10.1. The normalized spacial score (nSPS) is 11.9. The van der Waals surface area contributed by atoms with Gasteiger partial charge in [-0.1, -0.05) is 6.07 Å². The van der Waals surface area contributed by atoms with E-state index >= 15 is 0 Å². The summed E-state index contributed by atoms with van der Waals surface area (Å²) < 4.78 is 13.4. The second-order valence-electron chi connectivity index (χ2n) is 4.63. The molecule has 0 aliphatic heterocycles. The van der Waals surface area contributed by atoms with Crippen LogP contribution >= 0.6 is 0 Å². The Labute approximate surface area is 120 Å². The van der Waals surface area contributed by atoms with Crippen molar-refractivity contribution in [1.82, 2.24) is 0 Å². The summed E-state index contributed by atoms with van der Waals surface area (Å²) in [6, 6.07) is 7.81. The van der Waals surface area contributed by atoms with E-state index in [2.05, 4.69) is 5.32 Å². The Morgan fingerprint density at radius 3 is 2.43 bits per heavy atom. The molecule has 0 fully saturated rings. The summed E-state index contributed by atoms with van der Waals surface area (Å²) >= 11 is 0. The molecule has 110 valence electrons. The Hall–Kier alpha value is -2.76. The molecule has 2 rings (SSSR count). The minimum atomic E-state index is -0.866. The van der Waals surface area contributed by atoms with Gasteiger partial charge in [-0.25, -0.2) is 4.39 Å². The summed E-state index contributed by atoms with van der Waals surface area (Å²) in [7, 11) is 0. The van der Waals surface area contributed by atoms with Crippen molar-refractivity contribution in [2.75, 3.05) is 5.32 Å². The van der Waals surface area contributed by atoms with Crippen molar-refractivity contribution in [2.24, 2.45) is 5.73 Å². The van der Waals surface area contributed by atoms with E-state index in [0.29, 0.717) is 11.3 Å². The molecule has 2 aromatic carbocycles. The van der Waals surface area contributed by atoms with Crippen molar-refractivity contribution in [3.63, 3.8) is 0 Å². The average Bonchev–Trinajstić information content (AvgIpc) is 2.40. The van der Waals surface area contributed by atoms with Crippen molar-refractivity contribution >= 4 is 11.6 Å². The number of amides is 1. The van der Waals surface area contributed by atoms with Crippen LogP contribution in [0.25, 0.3) is 0 Å². The lowest BCUT2D eigenvalue weighted by Crippen LogP contribution is -2.14. The minimum Gasteiger partial charge on any atom is -0.507 e. The smallest absolute Gasteiger partial charge is 0.251 e. The van der Waals surface area contributed by atoms with Crippen LogP contribution in [0.4, 0.5) is 10.1 Å². The van der Waals surface area contributed by atoms with Crippen LogP contribution in [0.2, 0.25) is 0 Å². The topological polar surface area (TPSA) is 95.6 Å². The Kier molecular flexibility index (Phi) is 3.98. The van der Waals surface area contributed by atoms with E-state index in [9.17, 15) is 19.4 Å². The van der Waals surface area contributed by atoms with E-state index < -0.39 is 17.8 Å². The quantitative estimate of drug-likeness (QED) is 0.695. The van der Waals surface area contributed by atoms with Crippen molar-refractivity contribution in [3.05, 3.63) is 53.3 Å². The van der Waals surface area contributed by atoms with Crippen LogP contribution < -0.4 is 11.1 Å². The molecule has 1 atom stereocenters. The number of anilines is 1. The number of nitrogens with two attached hydrogens (primary N) is 1. The molecule has 0 aliphatic rings. The summed E-state index contributed by atoms with van der Waals surface area (Å²) in [5.74, 6) is -1.69. The molecule has 1 unspecified atom stereocenters. The lowest BCUT2D eigenvalue weighted by molar-refractivity contribution is 0.0996. The molecule has 0 saturated carbocycles. The standard InChI is InChI=1S/C15H15FN2O3/c1-8(14-12(19)3-2-4-13(14)20)18-9-5-6-11(16)10(7-9)15(17)21/h2-8,18-20H,1H3,(H2,17,21). The van der Waals surface area contributed by atoms with Gasteiger partial charge in [-0.15, -0.1) is 0 Å². The van der Waals surface area contributed by atoms with Crippen molar-refractivity contribution < 1.29 is 19.4 Å². The number of carbonyl (C=O) groups excluding carboxylic acids is 1. The molecule has 0 heterocycles. The molecule has 0 aromatic heterocycles. The number of primary amides is 1. The van der Waals surface area contributed by atoms with Gasteiger partial charge in [0.1, 0.15) is 17.3 Å². The number of phenolic OH excluding ortho intramolecular Hbond substituents is 2. The van der Waals surface area contributed by atoms with Gasteiger partial charge in [0.2, 0.25) is 0 Å². The summed E-state index contributed by atoms with van der Waals surface area (Å²) in [5.41, 5.74) is 5.61. The number of phenols is 2. The van der Waals surface area contributed by atoms with Gasteiger partial charge in [-0.05, 0) is 37.3 Å². The molecule has 6 heteroatoms. The average molecular weight is 290 g/mol. The van der Waals surface area contributed by atoms with Crippen molar-refractivity contribution in [3.8, 4) is 11.5 Å². The third-order valence-corrected chi connectivity index (χ3v) is 3.11.